The minimum Gasteiger partial charge on any atom is -0.449 e. The molecule has 0 aromatic heterocycles. The van der Waals surface area contributed by atoms with Crippen LogP contribution in [-0.2, 0) is 9.53 Å². The zero-order valence-electron chi connectivity index (χ0n) is 13.8. The average Bonchev–Trinajstić information content (AvgIpc) is 2.51. The fourth-order valence-corrected chi connectivity index (χ4v) is 2.11. The van der Waals surface area contributed by atoms with Gasteiger partial charge < -0.3 is 10.1 Å². The summed E-state index contributed by atoms with van der Waals surface area (Å²) in [4.78, 5) is 24.4. The van der Waals surface area contributed by atoms with Crippen LogP contribution in [0.2, 0.25) is 0 Å². The van der Waals surface area contributed by atoms with Gasteiger partial charge in [-0.1, -0.05) is 35.4 Å². The van der Waals surface area contributed by atoms with Gasteiger partial charge in [-0.25, -0.2) is 4.79 Å². The summed E-state index contributed by atoms with van der Waals surface area (Å²) in [6.45, 7) is 7.28. The second kappa shape index (κ2) is 7.09. The monoisotopic (exact) mass is 311 g/mol. The summed E-state index contributed by atoms with van der Waals surface area (Å²) in [5.41, 5.74) is 4.07. The van der Waals surface area contributed by atoms with Gasteiger partial charge in [-0.05, 0) is 51.5 Å². The van der Waals surface area contributed by atoms with E-state index in [9.17, 15) is 9.59 Å². The Bertz CT molecular complexity index is 720. The fraction of sp³-hybridized carbons (Fsp3) is 0.263. The van der Waals surface area contributed by atoms with Crippen LogP contribution in [0.4, 0.5) is 5.69 Å². The van der Waals surface area contributed by atoms with Crippen molar-refractivity contribution in [2.24, 2.45) is 0 Å². The number of ether oxygens (including phenoxy) is 1. The van der Waals surface area contributed by atoms with Crippen molar-refractivity contribution in [3.05, 3.63) is 64.7 Å². The van der Waals surface area contributed by atoms with Gasteiger partial charge in [0, 0.05) is 5.69 Å². The maximum Gasteiger partial charge on any atom is 0.339 e. The molecule has 0 aliphatic heterocycles. The molecule has 23 heavy (non-hydrogen) atoms. The van der Waals surface area contributed by atoms with Crippen molar-refractivity contribution < 1.29 is 14.3 Å². The van der Waals surface area contributed by atoms with Crippen molar-refractivity contribution in [3.8, 4) is 0 Å². The summed E-state index contributed by atoms with van der Waals surface area (Å²) >= 11 is 0. The molecule has 0 bridgehead atoms. The Morgan fingerprint density at radius 3 is 2.22 bits per heavy atom. The number of carbonyl (C=O) groups excluding carboxylic acids is 2. The smallest absolute Gasteiger partial charge is 0.339 e. The first-order valence-corrected chi connectivity index (χ1v) is 7.52. The van der Waals surface area contributed by atoms with Gasteiger partial charge in [-0.3, -0.25) is 4.79 Å². The SMILES string of the molecule is Cc1ccc(NC(=O)[C@H](C)OC(=O)c2cc(C)ccc2C)cc1. The van der Waals surface area contributed by atoms with Crippen LogP contribution >= 0.6 is 0 Å². The molecule has 0 unspecified atom stereocenters. The number of esters is 1. The highest BCUT2D eigenvalue weighted by atomic mass is 16.5. The maximum absolute atomic E-state index is 12.2. The number of hydrogen-bond donors (Lipinski definition) is 1. The molecule has 0 aliphatic rings. The molecule has 0 fully saturated rings. The lowest BCUT2D eigenvalue weighted by Crippen LogP contribution is -2.30. The molecular formula is C19H21NO3. The van der Waals surface area contributed by atoms with E-state index >= 15 is 0 Å². The van der Waals surface area contributed by atoms with Crippen LogP contribution in [0, 0.1) is 20.8 Å². The van der Waals surface area contributed by atoms with Crippen LogP contribution in [0.3, 0.4) is 0 Å². The molecule has 2 rings (SSSR count). The molecule has 120 valence electrons. The highest BCUT2D eigenvalue weighted by Gasteiger charge is 2.20. The Morgan fingerprint density at radius 2 is 1.57 bits per heavy atom. The van der Waals surface area contributed by atoms with E-state index in [0.29, 0.717) is 11.3 Å². The van der Waals surface area contributed by atoms with Crippen LogP contribution in [0.15, 0.2) is 42.5 Å². The summed E-state index contributed by atoms with van der Waals surface area (Å²) in [5, 5.41) is 2.74. The minimum absolute atomic E-state index is 0.354. The maximum atomic E-state index is 12.2. The first-order valence-electron chi connectivity index (χ1n) is 7.52. The lowest BCUT2D eigenvalue weighted by atomic mass is 10.1. The van der Waals surface area contributed by atoms with E-state index in [0.717, 1.165) is 16.7 Å². The summed E-state index contributed by atoms with van der Waals surface area (Å²) in [6, 6.07) is 13.0. The molecule has 2 aromatic rings. The number of rotatable bonds is 4. The zero-order valence-corrected chi connectivity index (χ0v) is 13.8. The molecule has 0 spiro atoms. The fourth-order valence-electron chi connectivity index (χ4n) is 2.11. The van der Waals surface area contributed by atoms with E-state index in [4.69, 9.17) is 4.74 Å². The molecule has 4 nitrogen and oxygen atoms in total. The van der Waals surface area contributed by atoms with Crippen LogP contribution in [0.25, 0.3) is 0 Å². The number of nitrogens with one attached hydrogen (secondary N) is 1. The highest BCUT2D eigenvalue weighted by molar-refractivity contribution is 5.97. The third kappa shape index (κ3) is 4.42. The van der Waals surface area contributed by atoms with Gasteiger partial charge in [0.05, 0.1) is 5.56 Å². The van der Waals surface area contributed by atoms with Crippen molar-refractivity contribution in [1.82, 2.24) is 0 Å². The predicted octanol–water partition coefficient (Wildman–Crippen LogP) is 3.80. The molecule has 0 radical (unpaired) electrons. The van der Waals surface area contributed by atoms with Crippen molar-refractivity contribution >= 4 is 17.6 Å². The number of hydrogen-bond acceptors (Lipinski definition) is 3. The Kier molecular flexibility index (Phi) is 5.16. The molecule has 0 saturated heterocycles. The van der Waals surface area contributed by atoms with Gasteiger partial charge in [0.25, 0.3) is 5.91 Å². The molecule has 0 aliphatic carbocycles. The Balaban J connectivity index is 2.01. The summed E-state index contributed by atoms with van der Waals surface area (Å²) in [7, 11) is 0. The van der Waals surface area contributed by atoms with E-state index in [1.165, 1.54) is 0 Å². The van der Waals surface area contributed by atoms with Crippen molar-refractivity contribution in [1.29, 1.82) is 0 Å². The predicted molar refractivity (Wildman–Crippen MR) is 90.6 cm³/mol. The molecule has 2 aromatic carbocycles. The number of aryl methyl sites for hydroxylation is 3. The van der Waals surface area contributed by atoms with E-state index in [1.54, 1.807) is 13.0 Å². The quantitative estimate of drug-likeness (QED) is 0.874. The first-order chi connectivity index (χ1) is 10.9. The minimum atomic E-state index is -0.872. The summed E-state index contributed by atoms with van der Waals surface area (Å²) in [5.74, 6) is -0.842. The van der Waals surface area contributed by atoms with Gasteiger partial charge in [0.1, 0.15) is 0 Å². The van der Waals surface area contributed by atoms with Crippen LogP contribution in [-0.4, -0.2) is 18.0 Å². The largest absolute Gasteiger partial charge is 0.449 e. The topological polar surface area (TPSA) is 55.4 Å². The number of amides is 1. The van der Waals surface area contributed by atoms with Crippen molar-refractivity contribution in [2.75, 3.05) is 5.32 Å². The second-order valence-electron chi connectivity index (χ2n) is 5.72. The number of carbonyl (C=O) groups is 2. The van der Waals surface area contributed by atoms with E-state index in [1.807, 2.05) is 57.2 Å². The average molecular weight is 311 g/mol. The lowest BCUT2D eigenvalue weighted by molar-refractivity contribution is -0.123. The number of benzene rings is 2. The van der Waals surface area contributed by atoms with Crippen LogP contribution in [0.1, 0.15) is 34.0 Å². The van der Waals surface area contributed by atoms with Gasteiger partial charge in [-0.15, -0.1) is 0 Å². The van der Waals surface area contributed by atoms with Gasteiger partial charge in [0.15, 0.2) is 6.10 Å². The summed E-state index contributed by atoms with van der Waals surface area (Å²) < 4.78 is 5.28. The Labute approximate surface area is 136 Å². The van der Waals surface area contributed by atoms with E-state index in [2.05, 4.69) is 5.32 Å². The molecule has 1 amide bonds. The first kappa shape index (κ1) is 16.7. The third-order valence-corrected chi connectivity index (χ3v) is 3.59. The van der Waals surface area contributed by atoms with E-state index < -0.39 is 12.1 Å². The number of anilines is 1. The normalized spacial score (nSPS) is 11.7. The molecule has 4 heteroatoms. The van der Waals surface area contributed by atoms with Crippen LogP contribution in [0.5, 0.6) is 0 Å². The Hall–Kier alpha value is -2.62. The van der Waals surface area contributed by atoms with E-state index in [-0.39, 0.29) is 5.91 Å². The zero-order chi connectivity index (χ0) is 17.0. The standard InChI is InChI=1S/C19H21NO3/c1-12-6-9-16(10-7-12)20-18(21)15(4)23-19(22)17-11-13(2)5-8-14(17)3/h5-11,15H,1-4H3,(H,20,21)/t15-/m0/s1. The van der Waals surface area contributed by atoms with Gasteiger partial charge in [0.2, 0.25) is 0 Å². The molecule has 0 saturated carbocycles. The third-order valence-electron chi connectivity index (χ3n) is 3.59. The Morgan fingerprint density at radius 1 is 0.957 bits per heavy atom. The van der Waals surface area contributed by atoms with Gasteiger partial charge in [-0.2, -0.15) is 0 Å². The second-order valence-corrected chi connectivity index (χ2v) is 5.72. The van der Waals surface area contributed by atoms with Crippen molar-refractivity contribution in [3.63, 3.8) is 0 Å². The van der Waals surface area contributed by atoms with Gasteiger partial charge >= 0.3 is 5.97 Å². The van der Waals surface area contributed by atoms with Crippen LogP contribution < -0.4 is 5.32 Å². The highest BCUT2D eigenvalue weighted by Crippen LogP contribution is 2.14. The molecule has 0 heterocycles. The summed E-state index contributed by atoms with van der Waals surface area (Å²) in [6.07, 6.45) is -0.872. The lowest BCUT2D eigenvalue weighted by Gasteiger charge is -2.15. The molecule has 1 atom stereocenters. The molecular weight excluding hydrogens is 290 g/mol. The molecule has 1 N–H and O–H groups in total. The van der Waals surface area contributed by atoms with Crippen molar-refractivity contribution in [2.45, 2.75) is 33.8 Å².